The summed E-state index contributed by atoms with van der Waals surface area (Å²) in [4.78, 5) is 12.0. The lowest BCUT2D eigenvalue weighted by molar-refractivity contribution is 0.0937. The Morgan fingerprint density at radius 1 is 1.13 bits per heavy atom. The number of rotatable bonds is 4. The average molecular weight is 337 g/mol. The Morgan fingerprint density at radius 3 is 2.30 bits per heavy atom. The van der Waals surface area contributed by atoms with Crippen molar-refractivity contribution in [3.63, 3.8) is 0 Å². The van der Waals surface area contributed by atoms with Gasteiger partial charge in [0, 0.05) is 12.6 Å². The molecule has 0 heterocycles. The highest BCUT2D eigenvalue weighted by atomic mass is 35.5. The Hall–Kier alpha value is -1.91. The van der Waals surface area contributed by atoms with Gasteiger partial charge in [0.25, 0.3) is 5.91 Å². The Kier molecular flexibility index (Phi) is 6.73. The van der Waals surface area contributed by atoms with Crippen LogP contribution in [0.5, 0.6) is 0 Å². The summed E-state index contributed by atoms with van der Waals surface area (Å²) in [5.41, 5.74) is 9.52. The molecule has 0 fully saturated rings. The summed E-state index contributed by atoms with van der Waals surface area (Å²) < 4.78 is 14.2. The lowest BCUT2D eigenvalue weighted by atomic mass is 9.99. The number of hydrogen-bond donors (Lipinski definition) is 2. The van der Waals surface area contributed by atoms with E-state index in [-0.39, 0.29) is 24.0 Å². The normalized spacial score (nSPS) is 11.5. The first-order valence-corrected chi connectivity index (χ1v) is 7.30. The van der Waals surface area contributed by atoms with E-state index in [4.69, 9.17) is 5.73 Å². The van der Waals surface area contributed by atoms with Crippen LogP contribution in [0.15, 0.2) is 36.4 Å². The van der Waals surface area contributed by atoms with E-state index in [0.29, 0.717) is 6.54 Å². The highest BCUT2D eigenvalue weighted by Crippen LogP contribution is 2.24. The number of hydrogen-bond acceptors (Lipinski definition) is 2. The molecule has 0 aliphatic carbocycles. The number of halogens is 2. The number of benzene rings is 2. The predicted octanol–water partition coefficient (Wildman–Crippen LogP) is 3.61. The number of aryl methyl sites for hydroxylation is 2. The van der Waals surface area contributed by atoms with E-state index >= 15 is 0 Å². The van der Waals surface area contributed by atoms with Crippen LogP contribution in [-0.2, 0) is 0 Å². The lowest BCUT2D eigenvalue weighted by Crippen LogP contribution is -2.38. The minimum absolute atomic E-state index is 0. The first kappa shape index (κ1) is 19.1. The van der Waals surface area contributed by atoms with E-state index in [1.165, 1.54) is 17.7 Å². The van der Waals surface area contributed by atoms with Crippen molar-refractivity contribution in [1.29, 1.82) is 0 Å². The van der Waals surface area contributed by atoms with Gasteiger partial charge in [-0.3, -0.25) is 4.79 Å². The Labute approximate surface area is 142 Å². The second kappa shape index (κ2) is 8.09. The maximum Gasteiger partial charge on any atom is 0.254 e. The lowest BCUT2D eigenvalue weighted by Gasteiger charge is -2.12. The molecule has 124 valence electrons. The predicted molar refractivity (Wildman–Crippen MR) is 94.5 cm³/mol. The first-order chi connectivity index (χ1) is 10.4. The van der Waals surface area contributed by atoms with Gasteiger partial charge < -0.3 is 11.1 Å². The van der Waals surface area contributed by atoms with Gasteiger partial charge >= 0.3 is 0 Å². The molecular weight excluding hydrogens is 315 g/mol. The van der Waals surface area contributed by atoms with Gasteiger partial charge in [-0.05, 0) is 55.2 Å². The number of carbonyl (C=O) groups excluding carboxylic acids is 1. The largest absolute Gasteiger partial charge is 0.348 e. The van der Waals surface area contributed by atoms with Gasteiger partial charge in [-0.15, -0.1) is 12.4 Å². The molecule has 0 aliphatic heterocycles. The molecular formula is C18H22ClFN2O. The third-order valence-electron chi connectivity index (χ3n) is 3.79. The monoisotopic (exact) mass is 336 g/mol. The fourth-order valence-electron chi connectivity index (χ4n) is 2.16. The third kappa shape index (κ3) is 4.53. The number of amides is 1. The van der Waals surface area contributed by atoms with Crippen molar-refractivity contribution in [1.82, 2.24) is 5.32 Å². The van der Waals surface area contributed by atoms with Crippen LogP contribution in [0.25, 0.3) is 11.1 Å². The molecule has 3 nitrogen and oxygen atoms in total. The summed E-state index contributed by atoms with van der Waals surface area (Å²) in [6.07, 6.45) is 0. The number of carbonyl (C=O) groups is 1. The summed E-state index contributed by atoms with van der Waals surface area (Å²) in [5.74, 6) is -0.973. The molecule has 2 aromatic rings. The van der Waals surface area contributed by atoms with Gasteiger partial charge in [0.2, 0.25) is 0 Å². The summed E-state index contributed by atoms with van der Waals surface area (Å²) in [6, 6.07) is 10.4. The van der Waals surface area contributed by atoms with Crippen LogP contribution in [0.4, 0.5) is 4.39 Å². The van der Waals surface area contributed by atoms with Gasteiger partial charge in [-0.2, -0.15) is 0 Å². The van der Waals surface area contributed by atoms with Crippen molar-refractivity contribution in [2.24, 2.45) is 5.73 Å². The molecule has 5 heteroatoms. The zero-order valence-corrected chi connectivity index (χ0v) is 14.3. The van der Waals surface area contributed by atoms with Crippen LogP contribution in [0, 0.1) is 19.7 Å². The highest BCUT2D eigenvalue weighted by Gasteiger charge is 2.14. The molecule has 0 saturated carbocycles. The molecule has 1 atom stereocenters. The van der Waals surface area contributed by atoms with Crippen molar-refractivity contribution in [2.75, 3.05) is 6.54 Å². The fraction of sp³-hybridized carbons (Fsp3) is 0.278. The Morgan fingerprint density at radius 2 is 1.74 bits per heavy atom. The van der Waals surface area contributed by atoms with E-state index in [1.54, 1.807) is 13.0 Å². The maximum absolute atomic E-state index is 14.2. The molecule has 23 heavy (non-hydrogen) atoms. The molecule has 0 bridgehead atoms. The third-order valence-corrected chi connectivity index (χ3v) is 3.79. The smallest absolute Gasteiger partial charge is 0.254 e. The van der Waals surface area contributed by atoms with E-state index in [1.807, 2.05) is 32.0 Å². The Bertz CT molecular complexity index is 703. The van der Waals surface area contributed by atoms with E-state index in [0.717, 1.165) is 16.7 Å². The minimum atomic E-state index is -0.530. The molecule has 0 unspecified atom stereocenters. The fourth-order valence-corrected chi connectivity index (χ4v) is 2.16. The van der Waals surface area contributed by atoms with E-state index in [9.17, 15) is 9.18 Å². The quantitative estimate of drug-likeness (QED) is 0.896. The molecule has 0 spiro atoms. The molecule has 2 rings (SSSR count). The first-order valence-electron chi connectivity index (χ1n) is 7.30. The second-order valence-corrected chi connectivity index (χ2v) is 5.60. The Balaban J connectivity index is 0.00000264. The number of nitrogens with two attached hydrogens (primary N) is 1. The van der Waals surface area contributed by atoms with Crippen LogP contribution in [0.1, 0.15) is 28.4 Å². The molecule has 3 N–H and O–H groups in total. The van der Waals surface area contributed by atoms with Crippen molar-refractivity contribution in [2.45, 2.75) is 26.8 Å². The van der Waals surface area contributed by atoms with Crippen LogP contribution in [0.2, 0.25) is 0 Å². The van der Waals surface area contributed by atoms with Gasteiger partial charge in [0.1, 0.15) is 5.82 Å². The van der Waals surface area contributed by atoms with E-state index in [2.05, 4.69) is 5.32 Å². The zero-order chi connectivity index (χ0) is 16.3. The van der Waals surface area contributed by atoms with Crippen LogP contribution in [-0.4, -0.2) is 18.5 Å². The topological polar surface area (TPSA) is 55.1 Å². The van der Waals surface area contributed by atoms with Gasteiger partial charge in [0.05, 0.1) is 5.56 Å². The molecule has 0 aliphatic rings. The molecule has 0 saturated heterocycles. The van der Waals surface area contributed by atoms with Crippen molar-refractivity contribution in [3.05, 3.63) is 58.9 Å². The van der Waals surface area contributed by atoms with Gasteiger partial charge in [0.15, 0.2) is 0 Å². The van der Waals surface area contributed by atoms with E-state index < -0.39 is 11.7 Å². The van der Waals surface area contributed by atoms with Crippen LogP contribution < -0.4 is 11.1 Å². The summed E-state index contributed by atoms with van der Waals surface area (Å²) in [7, 11) is 0. The maximum atomic E-state index is 14.2. The van der Waals surface area contributed by atoms with Crippen LogP contribution in [0.3, 0.4) is 0 Å². The molecule has 1 amide bonds. The minimum Gasteiger partial charge on any atom is -0.348 e. The number of nitrogens with one attached hydrogen (secondary N) is 1. The van der Waals surface area contributed by atoms with Crippen LogP contribution >= 0.6 is 12.4 Å². The molecule has 2 aromatic carbocycles. The standard InChI is InChI=1S/C18H21FN2O.ClH/c1-11-4-5-14(8-12(11)2)15-6-7-16(17(19)9-15)18(22)21-13(3)10-20;/h4-9,13H,10,20H2,1-3H3,(H,21,22);1H/t13-;/m0./s1. The average Bonchev–Trinajstić information content (AvgIpc) is 2.49. The van der Waals surface area contributed by atoms with Crippen molar-refractivity contribution in [3.8, 4) is 11.1 Å². The van der Waals surface area contributed by atoms with Gasteiger partial charge in [-0.25, -0.2) is 4.39 Å². The van der Waals surface area contributed by atoms with Crippen molar-refractivity contribution >= 4 is 18.3 Å². The second-order valence-electron chi connectivity index (χ2n) is 5.60. The zero-order valence-electron chi connectivity index (χ0n) is 13.5. The van der Waals surface area contributed by atoms with Gasteiger partial charge in [-0.1, -0.05) is 24.3 Å². The SMILES string of the molecule is Cc1ccc(-c2ccc(C(=O)N[C@@H](C)CN)c(F)c2)cc1C.Cl. The summed E-state index contributed by atoms with van der Waals surface area (Å²) in [5, 5.41) is 2.66. The highest BCUT2D eigenvalue weighted by molar-refractivity contribution is 5.95. The molecule has 0 aromatic heterocycles. The molecule has 0 radical (unpaired) electrons. The van der Waals surface area contributed by atoms with Crippen molar-refractivity contribution < 1.29 is 9.18 Å². The summed E-state index contributed by atoms with van der Waals surface area (Å²) >= 11 is 0. The summed E-state index contributed by atoms with van der Waals surface area (Å²) in [6.45, 7) is 6.14.